The smallest absolute Gasteiger partial charge is 0.0812 e. The topological polar surface area (TPSA) is 63.7 Å². The van der Waals surface area contributed by atoms with Crippen molar-refractivity contribution in [3.05, 3.63) is 98.0 Å². The number of likely N-dealkylation sites (tertiary alicyclic amines) is 1. The molecule has 1 aliphatic heterocycles. The van der Waals surface area contributed by atoms with E-state index < -0.39 is 0 Å². The molecule has 2 fully saturated rings. The molecule has 0 spiro atoms. The predicted octanol–water partition coefficient (Wildman–Crippen LogP) is 6.70. The van der Waals surface area contributed by atoms with Crippen LogP contribution in [0.2, 0.25) is 0 Å². The Morgan fingerprint density at radius 1 is 1.02 bits per heavy atom. The first-order valence-electron chi connectivity index (χ1n) is 15.0. The molecular formula is C35H56N6. The Morgan fingerprint density at radius 3 is 2.27 bits per heavy atom. The quantitative estimate of drug-likeness (QED) is 0.105. The number of aliphatic imine (C=N–C) groups is 1. The summed E-state index contributed by atoms with van der Waals surface area (Å²) in [6, 6.07) is 0.708. The van der Waals surface area contributed by atoms with Gasteiger partial charge in [0.1, 0.15) is 0 Å². The molecule has 3 atom stereocenters. The van der Waals surface area contributed by atoms with Crippen molar-refractivity contribution in [2.45, 2.75) is 84.8 Å². The normalized spacial score (nSPS) is 19.8. The van der Waals surface area contributed by atoms with E-state index in [9.17, 15) is 0 Å². The van der Waals surface area contributed by atoms with Crippen LogP contribution < -0.4 is 21.3 Å². The van der Waals surface area contributed by atoms with E-state index in [-0.39, 0.29) is 17.5 Å². The van der Waals surface area contributed by atoms with E-state index in [0.717, 1.165) is 52.7 Å². The van der Waals surface area contributed by atoms with E-state index >= 15 is 0 Å². The van der Waals surface area contributed by atoms with E-state index in [2.05, 4.69) is 105 Å². The fraction of sp³-hybridized carbons (Fsp3) is 0.514. The monoisotopic (exact) mass is 560 g/mol. The minimum atomic E-state index is -0.0948. The van der Waals surface area contributed by atoms with Crippen molar-refractivity contribution >= 4 is 6.21 Å². The van der Waals surface area contributed by atoms with Crippen LogP contribution in [0.25, 0.3) is 0 Å². The minimum Gasteiger partial charge on any atom is -0.383 e. The molecule has 1 aliphatic carbocycles. The number of nitrogens with one attached hydrogen (secondary N) is 4. The Kier molecular flexibility index (Phi) is 12.8. The van der Waals surface area contributed by atoms with E-state index in [0.29, 0.717) is 25.0 Å². The van der Waals surface area contributed by atoms with Crippen LogP contribution in [0, 0.1) is 11.3 Å². The maximum absolute atomic E-state index is 4.65. The number of nitrogens with zero attached hydrogens (tertiary/aromatic N) is 2. The molecule has 1 heterocycles. The van der Waals surface area contributed by atoms with Crippen molar-refractivity contribution in [1.82, 2.24) is 26.2 Å². The minimum absolute atomic E-state index is 0.0156. The summed E-state index contributed by atoms with van der Waals surface area (Å²) in [6.45, 7) is 42.7. The second kappa shape index (κ2) is 15.6. The summed E-state index contributed by atoms with van der Waals surface area (Å²) in [5.41, 5.74) is 6.25. The van der Waals surface area contributed by atoms with Crippen LogP contribution in [0.5, 0.6) is 0 Å². The van der Waals surface area contributed by atoms with E-state index in [1.807, 2.05) is 13.0 Å². The van der Waals surface area contributed by atoms with Gasteiger partial charge in [0.2, 0.25) is 0 Å². The molecule has 2 unspecified atom stereocenters. The molecule has 1 saturated carbocycles. The standard InChI is InChI=1S/C35H56N6/c1-13-16-30-20-33(28(8)37-21-24(4)26(6)40-31-17-18-31)41(23-30)29(9)34(35(10,11)12)39-25(5)22-38-27(7)32(15-3)36-19-14-2/h14-15,19,30-31,33-34,37-40H,2,4-9,13,16-18,20-23H2,1,3,10-12H3/b32-15-,36-19?/t30-,33?,34?/m1/s1. The molecule has 0 aromatic rings. The fourth-order valence-electron chi connectivity index (χ4n) is 5.19. The molecule has 226 valence electrons. The van der Waals surface area contributed by atoms with Crippen LogP contribution in [0.4, 0.5) is 0 Å². The molecule has 0 bridgehead atoms. The van der Waals surface area contributed by atoms with Gasteiger partial charge in [-0.3, -0.25) is 4.99 Å². The zero-order chi connectivity index (χ0) is 30.7. The van der Waals surface area contributed by atoms with Gasteiger partial charge in [0.15, 0.2) is 0 Å². The molecule has 2 rings (SSSR count). The first-order chi connectivity index (χ1) is 19.3. The summed E-state index contributed by atoms with van der Waals surface area (Å²) in [5.74, 6) is 0.596. The van der Waals surface area contributed by atoms with Crippen molar-refractivity contribution in [3.63, 3.8) is 0 Å². The summed E-state index contributed by atoms with van der Waals surface area (Å²) in [6.07, 6.45) is 11.1. The number of allylic oxidation sites excluding steroid dienone is 2. The van der Waals surface area contributed by atoms with Crippen molar-refractivity contribution in [2.24, 2.45) is 16.3 Å². The maximum Gasteiger partial charge on any atom is 0.0812 e. The first-order valence-corrected chi connectivity index (χ1v) is 15.0. The Morgan fingerprint density at radius 2 is 1.71 bits per heavy atom. The van der Waals surface area contributed by atoms with E-state index in [4.69, 9.17) is 0 Å². The molecule has 1 saturated heterocycles. The third kappa shape index (κ3) is 10.5. The predicted molar refractivity (Wildman–Crippen MR) is 179 cm³/mol. The van der Waals surface area contributed by atoms with Gasteiger partial charge in [-0.1, -0.05) is 92.3 Å². The Bertz CT molecular complexity index is 1060. The van der Waals surface area contributed by atoms with Crippen molar-refractivity contribution in [3.8, 4) is 0 Å². The number of rotatable bonds is 19. The van der Waals surface area contributed by atoms with Crippen molar-refractivity contribution < 1.29 is 0 Å². The lowest BCUT2D eigenvalue weighted by atomic mass is 9.84. The van der Waals surface area contributed by atoms with Crippen molar-refractivity contribution in [2.75, 3.05) is 19.6 Å². The molecule has 4 N–H and O–H groups in total. The highest BCUT2D eigenvalue weighted by Crippen LogP contribution is 2.36. The highest BCUT2D eigenvalue weighted by atomic mass is 15.2. The van der Waals surface area contributed by atoms with Crippen LogP contribution in [-0.2, 0) is 0 Å². The van der Waals surface area contributed by atoms with Crippen LogP contribution in [0.1, 0.15) is 66.7 Å². The lowest BCUT2D eigenvalue weighted by Gasteiger charge is -2.41. The van der Waals surface area contributed by atoms with Gasteiger partial charge in [0, 0.05) is 48.1 Å². The summed E-state index contributed by atoms with van der Waals surface area (Å²) in [5, 5.41) is 14.1. The largest absolute Gasteiger partial charge is 0.383 e. The fourth-order valence-corrected chi connectivity index (χ4v) is 5.19. The highest BCUT2D eigenvalue weighted by molar-refractivity contribution is 5.71. The van der Waals surface area contributed by atoms with Gasteiger partial charge in [0.05, 0.1) is 30.0 Å². The molecule has 0 aromatic heterocycles. The Hall–Kier alpha value is -3.41. The zero-order valence-electron chi connectivity index (χ0n) is 26.5. The first kappa shape index (κ1) is 33.8. The average Bonchev–Trinajstić information content (AvgIpc) is 3.63. The van der Waals surface area contributed by atoms with Crippen LogP contribution in [0.3, 0.4) is 0 Å². The molecule has 6 heteroatoms. The molecule has 6 nitrogen and oxygen atoms in total. The van der Waals surface area contributed by atoms with Crippen LogP contribution in [-0.4, -0.2) is 48.9 Å². The van der Waals surface area contributed by atoms with E-state index in [1.165, 1.54) is 25.7 Å². The van der Waals surface area contributed by atoms with E-state index in [1.54, 1.807) is 12.3 Å². The Balaban J connectivity index is 2.10. The van der Waals surface area contributed by atoms with Crippen molar-refractivity contribution in [1.29, 1.82) is 0 Å². The maximum atomic E-state index is 4.65. The summed E-state index contributed by atoms with van der Waals surface area (Å²) in [7, 11) is 0. The van der Waals surface area contributed by atoms with Crippen LogP contribution >= 0.6 is 0 Å². The third-order valence-corrected chi connectivity index (χ3v) is 7.73. The molecule has 0 amide bonds. The van der Waals surface area contributed by atoms with Gasteiger partial charge in [-0.25, -0.2) is 0 Å². The van der Waals surface area contributed by atoms with Gasteiger partial charge < -0.3 is 26.2 Å². The summed E-state index contributed by atoms with van der Waals surface area (Å²) >= 11 is 0. The molecule has 0 radical (unpaired) electrons. The highest BCUT2D eigenvalue weighted by Gasteiger charge is 2.39. The summed E-state index contributed by atoms with van der Waals surface area (Å²) < 4.78 is 0. The molecule has 41 heavy (non-hydrogen) atoms. The van der Waals surface area contributed by atoms with Gasteiger partial charge in [0.25, 0.3) is 0 Å². The van der Waals surface area contributed by atoms with Crippen LogP contribution in [0.15, 0.2) is 103 Å². The SMILES string of the molecule is C=CC=N/C(=C\C)C(=C)NCC(=C)NC(C(=C)N1C[C@H](CCC)CC1C(=C)NCC(=C)C(=C)NC1CC1)C(C)(C)C. The molecular weight excluding hydrogens is 504 g/mol. The zero-order valence-corrected chi connectivity index (χ0v) is 26.5. The Labute approximate surface area is 250 Å². The number of hydrogen-bond donors (Lipinski definition) is 4. The lowest BCUT2D eigenvalue weighted by molar-refractivity contribution is 0.234. The van der Waals surface area contributed by atoms with Gasteiger partial charge in [-0.05, 0) is 49.5 Å². The van der Waals surface area contributed by atoms with Gasteiger partial charge >= 0.3 is 0 Å². The lowest BCUT2D eigenvalue weighted by Crippen LogP contribution is -2.49. The summed E-state index contributed by atoms with van der Waals surface area (Å²) in [4.78, 5) is 6.83. The molecule has 0 aromatic carbocycles. The third-order valence-electron chi connectivity index (χ3n) is 7.73. The van der Waals surface area contributed by atoms with Gasteiger partial charge in [-0.15, -0.1) is 0 Å². The average molecular weight is 561 g/mol. The van der Waals surface area contributed by atoms with Gasteiger partial charge in [-0.2, -0.15) is 0 Å². The number of hydrogen-bond acceptors (Lipinski definition) is 6. The second-order valence-electron chi connectivity index (χ2n) is 12.5. The molecule has 2 aliphatic rings. The second-order valence-corrected chi connectivity index (χ2v) is 12.5.